The fourth-order valence-electron chi connectivity index (χ4n) is 3.03. The molecular weight excluding hydrogens is 330 g/mol. The second kappa shape index (κ2) is 8.61. The van der Waals surface area contributed by atoms with Gasteiger partial charge in [0.25, 0.3) is 5.76 Å². The average molecular weight is 358 g/mol. The third-order valence-electron chi connectivity index (χ3n) is 4.80. The van der Waals surface area contributed by atoms with Gasteiger partial charge >= 0.3 is 0 Å². The van der Waals surface area contributed by atoms with Crippen molar-refractivity contribution in [2.45, 2.75) is 62.0 Å². The molecule has 6 heteroatoms. The Morgan fingerprint density at radius 2 is 1.75 bits per heavy atom. The minimum atomic E-state index is -2.39. The van der Waals surface area contributed by atoms with Crippen LogP contribution in [0.25, 0.3) is 0 Å². The molecule has 136 valence electrons. The maximum atomic E-state index is 12.3. The van der Waals surface area contributed by atoms with E-state index in [1.807, 2.05) is 19.1 Å². The number of halogens is 2. The fraction of sp³-hybridized carbons (Fsp3) is 0.667. The second-order valence-corrected chi connectivity index (χ2v) is 7.97. The zero-order chi connectivity index (χ0) is 17.7. The van der Waals surface area contributed by atoms with Crippen LogP contribution in [-0.2, 0) is 0 Å². The number of aliphatic hydroxyl groups is 1. The zero-order valence-electron chi connectivity index (χ0n) is 14.6. The van der Waals surface area contributed by atoms with Crippen molar-refractivity contribution in [3.05, 3.63) is 29.8 Å². The Balaban J connectivity index is 1.83. The summed E-state index contributed by atoms with van der Waals surface area (Å²) in [6, 6.07) is 7.77. The Morgan fingerprint density at radius 1 is 1.17 bits per heavy atom. The van der Waals surface area contributed by atoms with Crippen LogP contribution in [0.3, 0.4) is 0 Å². The number of hydrogen-bond donors (Lipinski definition) is 2. The lowest BCUT2D eigenvalue weighted by Gasteiger charge is -2.40. The summed E-state index contributed by atoms with van der Waals surface area (Å²) in [6.45, 7) is 8.78. The Bertz CT molecular complexity index is 502. The quantitative estimate of drug-likeness (QED) is 0.725. The highest BCUT2D eigenvalue weighted by Gasteiger charge is 2.33. The van der Waals surface area contributed by atoms with Crippen LogP contribution in [0.5, 0.6) is 0 Å². The number of rotatable bonds is 7. The molecule has 1 aromatic rings. The molecule has 3 nitrogen and oxygen atoms in total. The first kappa shape index (κ1) is 19.6. The van der Waals surface area contributed by atoms with E-state index in [0.29, 0.717) is 29.2 Å². The maximum Gasteiger partial charge on any atom is 0.288 e. The van der Waals surface area contributed by atoms with Crippen LogP contribution in [0.2, 0.25) is 0 Å². The largest absolute Gasteiger partial charge is 0.388 e. The first-order valence-corrected chi connectivity index (χ1v) is 9.42. The standard InChI is InChI=1S/C18H28F2N2OS/c1-13(2)22-10-8-18(23,9-11-22)12-21-14(3)15-4-6-16(7-5-15)24-17(19)20/h4-7,13-14,17,21,23H,8-12H2,1-3H3/t14-/m0/s1. The number of piperidine rings is 1. The van der Waals surface area contributed by atoms with Crippen LogP contribution in [-0.4, -0.2) is 47.0 Å². The van der Waals surface area contributed by atoms with Crippen molar-refractivity contribution in [1.82, 2.24) is 10.2 Å². The lowest BCUT2D eigenvalue weighted by Crippen LogP contribution is -2.51. The van der Waals surface area contributed by atoms with Gasteiger partial charge in [0.1, 0.15) is 0 Å². The van der Waals surface area contributed by atoms with Gasteiger partial charge in [-0.1, -0.05) is 23.9 Å². The van der Waals surface area contributed by atoms with Crippen molar-refractivity contribution in [3.63, 3.8) is 0 Å². The third kappa shape index (κ3) is 5.69. The van der Waals surface area contributed by atoms with Gasteiger partial charge in [0.2, 0.25) is 0 Å². The maximum absolute atomic E-state index is 12.3. The normalized spacial score (nSPS) is 19.8. The second-order valence-electron chi connectivity index (χ2n) is 6.90. The topological polar surface area (TPSA) is 35.5 Å². The minimum absolute atomic E-state index is 0.0720. The van der Waals surface area contributed by atoms with E-state index >= 15 is 0 Å². The summed E-state index contributed by atoms with van der Waals surface area (Å²) < 4.78 is 24.7. The zero-order valence-corrected chi connectivity index (χ0v) is 15.5. The molecule has 1 fully saturated rings. The number of likely N-dealkylation sites (tertiary alicyclic amines) is 1. The van der Waals surface area contributed by atoms with E-state index in [1.54, 1.807) is 12.1 Å². The van der Waals surface area contributed by atoms with Crippen molar-refractivity contribution in [2.24, 2.45) is 0 Å². The molecular formula is C18H28F2N2OS. The molecule has 0 amide bonds. The molecule has 1 saturated heterocycles. The molecule has 2 rings (SSSR count). The minimum Gasteiger partial charge on any atom is -0.388 e. The number of alkyl halides is 2. The van der Waals surface area contributed by atoms with Gasteiger partial charge in [-0.05, 0) is 51.3 Å². The SMILES string of the molecule is CC(C)N1CCC(O)(CN[C@@H](C)c2ccc(SC(F)F)cc2)CC1. The molecule has 0 radical (unpaired) electrons. The number of hydrogen-bond acceptors (Lipinski definition) is 4. The van der Waals surface area contributed by atoms with Crippen molar-refractivity contribution in [2.75, 3.05) is 19.6 Å². The molecule has 24 heavy (non-hydrogen) atoms. The predicted octanol–water partition coefficient (Wildman–Crippen LogP) is 3.89. The summed E-state index contributed by atoms with van der Waals surface area (Å²) in [4.78, 5) is 2.96. The van der Waals surface area contributed by atoms with Crippen LogP contribution in [0, 0.1) is 0 Å². The summed E-state index contributed by atoms with van der Waals surface area (Å²) in [5.41, 5.74) is 0.377. The molecule has 1 aliphatic rings. The molecule has 1 aromatic carbocycles. The van der Waals surface area contributed by atoms with Gasteiger partial charge < -0.3 is 15.3 Å². The Hall–Kier alpha value is -0.690. The van der Waals surface area contributed by atoms with Gasteiger partial charge in [0.15, 0.2) is 0 Å². The molecule has 2 N–H and O–H groups in total. The number of benzene rings is 1. The van der Waals surface area contributed by atoms with Crippen LogP contribution in [0.1, 0.15) is 45.2 Å². The molecule has 1 heterocycles. The lowest BCUT2D eigenvalue weighted by atomic mass is 9.90. The first-order chi connectivity index (χ1) is 11.3. The Labute approximate surface area is 147 Å². The molecule has 0 unspecified atom stereocenters. The van der Waals surface area contributed by atoms with E-state index < -0.39 is 11.4 Å². The predicted molar refractivity (Wildman–Crippen MR) is 95.6 cm³/mol. The monoisotopic (exact) mass is 358 g/mol. The number of nitrogens with one attached hydrogen (secondary N) is 1. The van der Waals surface area contributed by atoms with Crippen molar-refractivity contribution in [1.29, 1.82) is 0 Å². The van der Waals surface area contributed by atoms with Gasteiger partial charge in [-0.3, -0.25) is 0 Å². The summed E-state index contributed by atoms with van der Waals surface area (Å²) >= 11 is 0.558. The third-order valence-corrected chi connectivity index (χ3v) is 5.52. The molecule has 1 atom stereocenters. The van der Waals surface area contributed by atoms with E-state index in [4.69, 9.17) is 0 Å². The molecule has 0 aliphatic carbocycles. The van der Waals surface area contributed by atoms with Crippen LogP contribution in [0.4, 0.5) is 8.78 Å². The highest BCUT2D eigenvalue weighted by Crippen LogP contribution is 2.27. The van der Waals surface area contributed by atoms with E-state index in [0.717, 1.165) is 31.5 Å². The number of thioether (sulfide) groups is 1. The van der Waals surface area contributed by atoms with Gasteiger partial charge in [0, 0.05) is 36.6 Å². The molecule has 0 aromatic heterocycles. The van der Waals surface area contributed by atoms with Crippen LogP contribution < -0.4 is 5.32 Å². The van der Waals surface area contributed by atoms with E-state index in [1.165, 1.54) is 0 Å². The van der Waals surface area contributed by atoms with Crippen molar-refractivity contribution >= 4 is 11.8 Å². The van der Waals surface area contributed by atoms with E-state index in [2.05, 4.69) is 24.1 Å². The molecule has 0 saturated carbocycles. The smallest absolute Gasteiger partial charge is 0.288 e. The van der Waals surface area contributed by atoms with Crippen molar-refractivity contribution in [3.8, 4) is 0 Å². The van der Waals surface area contributed by atoms with Gasteiger partial charge in [0.05, 0.1) is 5.60 Å². The van der Waals surface area contributed by atoms with Gasteiger partial charge in [-0.2, -0.15) is 8.78 Å². The first-order valence-electron chi connectivity index (χ1n) is 8.54. The highest BCUT2D eigenvalue weighted by atomic mass is 32.2. The summed E-state index contributed by atoms with van der Waals surface area (Å²) in [6.07, 6.45) is 1.55. The summed E-state index contributed by atoms with van der Waals surface area (Å²) in [7, 11) is 0. The van der Waals surface area contributed by atoms with Gasteiger partial charge in [-0.15, -0.1) is 0 Å². The van der Waals surface area contributed by atoms with E-state index in [-0.39, 0.29) is 6.04 Å². The summed E-state index contributed by atoms with van der Waals surface area (Å²) in [5.74, 6) is -2.39. The summed E-state index contributed by atoms with van der Waals surface area (Å²) in [5, 5.41) is 14.1. The molecule has 1 aliphatic heterocycles. The fourth-order valence-corrected chi connectivity index (χ4v) is 3.53. The molecule has 0 spiro atoms. The Kier molecular flexibility index (Phi) is 7.04. The average Bonchev–Trinajstić information content (AvgIpc) is 2.53. The van der Waals surface area contributed by atoms with Crippen LogP contribution in [0.15, 0.2) is 29.2 Å². The Morgan fingerprint density at radius 3 is 2.25 bits per heavy atom. The number of nitrogens with zero attached hydrogens (tertiary/aromatic N) is 1. The van der Waals surface area contributed by atoms with E-state index in [9.17, 15) is 13.9 Å². The van der Waals surface area contributed by atoms with Crippen molar-refractivity contribution < 1.29 is 13.9 Å². The molecule has 0 bridgehead atoms. The highest BCUT2D eigenvalue weighted by molar-refractivity contribution is 7.99. The van der Waals surface area contributed by atoms with Crippen LogP contribution >= 0.6 is 11.8 Å². The lowest BCUT2D eigenvalue weighted by molar-refractivity contribution is -0.0277. The van der Waals surface area contributed by atoms with Gasteiger partial charge in [-0.25, -0.2) is 0 Å².